The highest BCUT2D eigenvalue weighted by Crippen LogP contribution is 2.30. The monoisotopic (exact) mass is 272 g/mol. The van der Waals surface area contributed by atoms with Gasteiger partial charge in [0.1, 0.15) is 11.4 Å². The van der Waals surface area contributed by atoms with Gasteiger partial charge in [-0.25, -0.2) is 4.79 Å². The van der Waals surface area contributed by atoms with Crippen molar-refractivity contribution in [2.75, 3.05) is 31.1 Å². The zero-order valence-electron chi connectivity index (χ0n) is 10.5. The fourth-order valence-electron chi connectivity index (χ4n) is 2.67. The first-order chi connectivity index (χ1) is 8.18. The molecule has 1 aromatic heterocycles. The second kappa shape index (κ2) is 4.78. The van der Waals surface area contributed by atoms with E-state index < -0.39 is 0 Å². The number of nitrogens with one attached hydrogen (secondary N) is 1. The molecule has 7 heteroatoms. The van der Waals surface area contributed by atoms with Crippen LogP contribution in [0.15, 0.2) is 4.52 Å². The van der Waals surface area contributed by atoms with Gasteiger partial charge in [0.25, 0.3) is 0 Å². The van der Waals surface area contributed by atoms with E-state index in [0.717, 1.165) is 31.0 Å². The molecule has 2 aliphatic rings. The van der Waals surface area contributed by atoms with E-state index in [1.54, 1.807) is 4.90 Å². The summed E-state index contributed by atoms with van der Waals surface area (Å²) in [6.07, 6.45) is 0. The van der Waals surface area contributed by atoms with Crippen molar-refractivity contribution in [3.05, 3.63) is 11.5 Å². The minimum Gasteiger partial charge on any atom is -0.359 e. The number of aryl methyl sites for hydroxylation is 2. The number of hydrogen-bond donors (Lipinski definition) is 1. The zero-order valence-corrected chi connectivity index (χ0v) is 11.3. The van der Waals surface area contributed by atoms with Gasteiger partial charge in [0.15, 0.2) is 5.76 Å². The van der Waals surface area contributed by atoms with Gasteiger partial charge in [0.05, 0.1) is 6.04 Å². The van der Waals surface area contributed by atoms with E-state index in [-0.39, 0.29) is 24.5 Å². The quantitative estimate of drug-likeness (QED) is 0.826. The van der Waals surface area contributed by atoms with Gasteiger partial charge in [-0.2, -0.15) is 0 Å². The average Bonchev–Trinajstić information content (AvgIpc) is 2.82. The number of fused-ring (bicyclic) bond motifs is 1. The molecule has 1 aromatic rings. The molecule has 0 bridgehead atoms. The van der Waals surface area contributed by atoms with E-state index in [9.17, 15) is 4.79 Å². The first-order valence-electron chi connectivity index (χ1n) is 5.90. The molecule has 6 nitrogen and oxygen atoms in total. The summed E-state index contributed by atoms with van der Waals surface area (Å²) in [5.74, 6) is 0.712. The average molecular weight is 273 g/mol. The summed E-state index contributed by atoms with van der Waals surface area (Å²) < 4.78 is 5.13. The van der Waals surface area contributed by atoms with E-state index in [4.69, 9.17) is 4.52 Å². The van der Waals surface area contributed by atoms with Crippen LogP contribution in [-0.2, 0) is 0 Å². The van der Waals surface area contributed by atoms with Crippen LogP contribution in [-0.4, -0.2) is 48.3 Å². The number of nitrogens with zero attached hydrogens (tertiary/aromatic N) is 3. The van der Waals surface area contributed by atoms with E-state index >= 15 is 0 Å². The number of carbonyl (C=O) groups is 1. The molecule has 100 valence electrons. The lowest BCUT2D eigenvalue weighted by molar-refractivity contribution is 0.193. The highest BCUT2D eigenvalue weighted by Gasteiger charge is 2.40. The number of aromatic nitrogens is 1. The normalized spacial score (nSPS) is 23.0. The van der Waals surface area contributed by atoms with Crippen LogP contribution in [0.2, 0.25) is 0 Å². The van der Waals surface area contributed by atoms with Crippen molar-refractivity contribution in [1.29, 1.82) is 0 Å². The zero-order chi connectivity index (χ0) is 12.0. The van der Waals surface area contributed by atoms with Gasteiger partial charge in [0.2, 0.25) is 0 Å². The molecule has 2 aliphatic heterocycles. The molecule has 18 heavy (non-hydrogen) atoms. The first kappa shape index (κ1) is 13.2. The Hall–Kier alpha value is -1.27. The topological polar surface area (TPSA) is 61.6 Å². The minimum absolute atomic E-state index is 0. The number of halogens is 1. The number of amides is 2. The highest BCUT2D eigenvalue weighted by atomic mass is 35.5. The molecule has 0 aromatic carbocycles. The number of carbonyl (C=O) groups excluding carboxylic acids is 1. The van der Waals surface area contributed by atoms with Gasteiger partial charge in [-0.15, -0.1) is 12.4 Å². The Balaban J connectivity index is 0.00000120. The van der Waals surface area contributed by atoms with Crippen molar-refractivity contribution in [1.82, 2.24) is 15.4 Å². The molecule has 0 saturated carbocycles. The smallest absolute Gasteiger partial charge is 0.325 e. The summed E-state index contributed by atoms with van der Waals surface area (Å²) in [6.45, 7) is 6.95. The third kappa shape index (κ3) is 1.85. The SMILES string of the molecule is Cc1noc(C)c1N1CC2CNCCN2C1=O.Cl. The van der Waals surface area contributed by atoms with E-state index in [0.29, 0.717) is 12.3 Å². The number of piperazine rings is 1. The Labute approximate surface area is 112 Å². The van der Waals surface area contributed by atoms with Gasteiger partial charge < -0.3 is 14.7 Å². The maximum atomic E-state index is 12.3. The van der Waals surface area contributed by atoms with Gasteiger partial charge in [0, 0.05) is 26.2 Å². The highest BCUT2D eigenvalue weighted by molar-refractivity contribution is 5.95. The number of anilines is 1. The summed E-state index contributed by atoms with van der Waals surface area (Å²) in [5, 5.41) is 7.22. The summed E-state index contributed by atoms with van der Waals surface area (Å²) in [5.41, 5.74) is 1.62. The van der Waals surface area contributed by atoms with Crippen LogP contribution in [0, 0.1) is 13.8 Å². The van der Waals surface area contributed by atoms with Gasteiger partial charge in [-0.1, -0.05) is 5.16 Å². The van der Waals surface area contributed by atoms with Crippen LogP contribution in [0.4, 0.5) is 10.5 Å². The molecule has 1 N–H and O–H groups in total. The Morgan fingerprint density at radius 3 is 2.83 bits per heavy atom. The van der Waals surface area contributed by atoms with E-state index in [2.05, 4.69) is 10.5 Å². The van der Waals surface area contributed by atoms with E-state index in [1.165, 1.54) is 0 Å². The van der Waals surface area contributed by atoms with Crippen LogP contribution in [0.1, 0.15) is 11.5 Å². The second-order valence-electron chi connectivity index (χ2n) is 4.62. The van der Waals surface area contributed by atoms with Crippen LogP contribution >= 0.6 is 12.4 Å². The van der Waals surface area contributed by atoms with Gasteiger partial charge in [-0.05, 0) is 13.8 Å². The lowest BCUT2D eigenvalue weighted by atomic mass is 10.2. The summed E-state index contributed by atoms with van der Waals surface area (Å²) in [6, 6.07) is 0.343. The van der Waals surface area contributed by atoms with Gasteiger partial charge in [-0.3, -0.25) is 4.90 Å². The molecule has 3 rings (SSSR count). The molecule has 1 atom stereocenters. The third-order valence-corrected chi connectivity index (χ3v) is 3.49. The molecule has 0 aliphatic carbocycles. The predicted octanol–water partition coefficient (Wildman–Crippen LogP) is 0.927. The van der Waals surface area contributed by atoms with Crippen molar-refractivity contribution in [2.24, 2.45) is 0 Å². The van der Waals surface area contributed by atoms with Crippen molar-refractivity contribution < 1.29 is 9.32 Å². The Bertz CT molecular complexity index is 442. The summed E-state index contributed by atoms with van der Waals surface area (Å²) in [4.78, 5) is 16.0. The number of hydrogen-bond acceptors (Lipinski definition) is 4. The lowest BCUT2D eigenvalue weighted by Gasteiger charge is -2.28. The molecule has 0 radical (unpaired) electrons. The molecule has 2 fully saturated rings. The Kier molecular flexibility index (Phi) is 3.49. The largest absolute Gasteiger partial charge is 0.359 e. The van der Waals surface area contributed by atoms with E-state index in [1.807, 2.05) is 18.7 Å². The fraction of sp³-hybridized carbons (Fsp3) is 0.636. The van der Waals surface area contributed by atoms with Crippen molar-refractivity contribution >= 4 is 24.1 Å². The van der Waals surface area contributed by atoms with Crippen LogP contribution in [0.5, 0.6) is 0 Å². The van der Waals surface area contributed by atoms with Crippen molar-refractivity contribution in [3.63, 3.8) is 0 Å². The maximum Gasteiger partial charge on any atom is 0.325 e. The molecular weight excluding hydrogens is 256 g/mol. The number of rotatable bonds is 1. The third-order valence-electron chi connectivity index (χ3n) is 3.49. The fourth-order valence-corrected chi connectivity index (χ4v) is 2.67. The maximum absolute atomic E-state index is 12.3. The Morgan fingerprint density at radius 2 is 2.22 bits per heavy atom. The van der Waals surface area contributed by atoms with Crippen LogP contribution < -0.4 is 10.2 Å². The Morgan fingerprint density at radius 1 is 1.44 bits per heavy atom. The minimum atomic E-state index is 0. The lowest BCUT2D eigenvalue weighted by Crippen LogP contribution is -2.49. The summed E-state index contributed by atoms with van der Waals surface area (Å²) in [7, 11) is 0. The molecule has 3 heterocycles. The molecule has 1 unspecified atom stereocenters. The molecular formula is C11H17ClN4O2. The van der Waals surface area contributed by atoms with Crippen molar-refractivity contribution in [3.8, 4) is 0 Å². The standard InChI is InChI=1S/C11H16N4O2.ClH/c1-7-10(8(2)17-13-7)15-6-9-5-12-3-4-14(9)11(15)16;/h9,12H,3-6H2,1-2H3;1H. The van der Waals surface area contributed by atoms with Gasteiger partial charge >= 0.3 is 6.03 Å². The second-order valence-corrected chi connectivity index (χ2v) is 4.62. The molecule has 0 spiro atoms. The number of urea groups is 1. The first-order valence-corrected chi connectivity index (χ1v) is 5.90. The van der Waals surface area contributed by atoms with Crippen LogP contribution in [0.25, 0.3) is 0 Å². The van der Waals surface area contributed by atoms with Crippen LogP contribution in [0.3, 0.4) is 0 Å². The predicted molar refractivity (Wildman–Crippen MR) is 69.3 cm³/mol. The summed E-state index contributed by atoms with van der Waals surface area (Å²) >= 11 is 0. The molecule has 2 amide bonds. The van der Waals surface area contributed by atoms with Crippen molar-refractivity contribution in [2.45, 2.75) is 19.9 Å². The molecule has 2 saturated heterocycles.